The molecule has 1 atom stereocenters. The largest absolute Gasteiger partial charge is 0.480 e. The summed E-state index contributed by atoms with van der Waals surface area (Å²) < 4.78 is 29.9. The molecule has 0 spiro atoms. The van der Waals surface area contributed by atoms with Crippen LogP contribution < -0.4 is 15.4 Å². The number of carboxylic acid groups (broad SMARTS) is 1. The van der Waals surface area contributed by atoms with Crippen LogP contribution in [0.25, 0.3) is 10.9 Å². The van der Waals surface area contributed by atoms with Gasteiger partial charge in [0.15, 0.2) is 5.95 Å². The second-order valence-electron chi connectivity index (χ2n) is 9.21. The van der Waals surface area contributed by atoms with Crippen LogP contribution >= 0.6 is 0 Å². The Morgan fingerprint density at radius 2 is 1.90 bits per heavy atom. The van der Waals surface area contributed by atoms with Gasteiger partial charge in [0.25, 0.3) is 5.91 Å². The monoisotopic (exact) mass is 553 g/mol. The van der Waals surface area contributed by atoms with Gasteiger partial charge in [-0.25, -0.2) is 13.4 Å². The summed E-state index contributed by atoms with van der Waals surface area (Å²) in [6.45, 7) is 3.52. The Hall–Kier alpha value is -4.23. The van der Waals surface area contributed by atoms with Crippen molar-refractivity contribution >= 4 is 38.8 Å². The summed E-state index contributed by atoms with van der Waals surface area (Å²) >= 11 is 0. The van der Waals surface area contributed by atoms with E-state index in [1.165, 1.54) is 0 Å². The molecule has 2 aromatic heterocycles. The fourth-order valence-corrected chi connectivity index (χ4v) is 6.09. The van der Waals surface area contributed by atoms with E-state index in [2.05, 4.69) is 30.4 Å². The number of nitrogens with zero attached hydrogens (tertiary/aromatic N) is 3. The molecule has 2 heterocycles. The highest BCUT2D eigenvalue weighted by atomic mass is 32.2. The number of hydrogen-bond acceptors (Lipinski definition) is 7. The zero-order valence-electron chi connectivity index (χ0n) is 21.9. The predicted molar refractivity (Wildman–Crippen MR) is 146 cm³/mol. The van der Waals surface area contributed by atoms with Crippen LogP contribution in [0.2, 0.25) is 0 Å². The molecule has 0 saturated carbocycles. The number of hydrogen-bond donors (Lipinski definition) is 5. The first kappa shape index (κ1) is 27.8. The molecule has 39 heavy (non-hydrogen) atoms. The van der Waals surface area contributed by atoms with Crippen LogP contribution in [0.4, 0.5) is 5.95 Å². The van der Waals surface area contributed by atoms with Crippen molar-refractivity contribution in [2.24, 2.45) is 7.05 Å². The van der Waals surface area contributed by atoms with Gasteiger partial charge in [-0.1, -0.05) is 18.2 Å². The number of aromatic nitrogens is 4. The molecule has 0 aliphatic heterocycles. The van der Waals surface area contributed by atoms with Gasteiger partial charge >= 0.3 is 5.97 Å². The number of benzene rings is 2. The number of H-pyrrole nitrogens is 1. The van der Waals surface area contributed by atoms with Crippen LogP contribution in [0.15, 0.2) is 53.7 Å². The van der Waals surface area contributed by atoms with Gasteiger partial charge in [0.1, 0.15) is 6.04 Å². The minimum atomic E-state index is -4.14. The fraction of sp³-hybridized carbons (Fsp3) is 0.308. The molecule has 5 N–H and O–H groups in total. The molecule has 0 saturated heterocycles. The summed E-state index contributed by atoms with van der Waals surface area (Å²) in [5.41, 5.74) is 2.98. The maximum atomic E-state index is 13.0. The fourth-order valence-electron chi connectivity index (χ4n) is 4.43. The van der Waals surface area contributed by atoms with Gasteiger partial charge in [-0.2, -0.15) is 9.82 Å². The standard InChI is InChI=1S/C26H31N7O5S/c1-16-6-4-7-17(2)23(16)39(37,38)32-21(25(35)36)15-30-24(34)18-9-10-22-19(14-18)20(31-33(22)3)8-5-11-27-26-28-12-13-29-26/h4,6-7,9-10,12-14,21,32H,5,8,11,15H2,1-3H3,(H,30,34)(H,35,36)(H2,27,28,29)/t21-/m0/s1. The van der Waals surface area contributed by atoms with Crippen molar-refractivity contribution in [3.8, 4) is 0 Å². The first-order valence-electron chi connectivity index (χ1n) is 12.3. The zero-order valence-corrected chi connectivity index (χ0v) is 22.7. The Kier molecular flexibility index (Phi) is 8.31. The molecule has 12 nitrogen and oxygen atoms in total. The third-order valence-corrected chi connectivity index (χ3v) is 8.09. The smallest absolute Gasteiger partial charge is 0.323 e. The Morgan fingerprint density at radius 1 is 1.15 bits per heavy atom. The van der Waals surface area contributed by atoms with E-state index < -0.39 is 34.5 Å². The summed E-state index contributed by atoms with van der Waals surface area (Å²) in [6.07, 6.45) is 4.85. The lowest BCUT2D eigenvalue weighted by Crippen LogP contribution is -2.48. The lowest BCUT2D eigenvalue weighted by molar-refractivity contribution is -0.138. The molecule has 4 rings (SSSR count). The summed E-state index contributed by atoms with van der Waals surface area (Å²) in [5, 5.41) is 20.8. The molecule has 13 heteroatoms. The highest BCUT2D eigenvalue weighted by molar-refractivity contribution is 7.89. The second-order valence-corrected chi connectivity index (χ2v) is 10.9. The van der Waals surface area contributed by atoms with Crippen molar-refractivity contribution in [2.75, 3.05) is 18.4 Å². The number of imidazole rings is 1. The highest BCUT2D eigenvalue weighted by Gasteiger charge is 2.28. The van der Waals surface area contributed by atoms with E-state index in [-0.39, 0.29) is 4.90 Å². The van der Waals surface area contributed by atoms with Gasteiger partial charge in [0, 0.05) is 43.5 Å². The number of carbonyl (C=O) groups is 2. The van der Waals surface area contributed by atoms with Crippen molar-refractivity contribution in [2.45, 2.75) is 37.6 Å². The molecule has 2 aromatic carbocycles. The van der Waals surface area contributed by atoms with Gasteiger partial charge in [-0.3, -0.25) is 14.3 Å². The normalized spacial score (nSPS) is 12.4. The number of aliphatic carboxylic acids is 1. The number of anilines is 1. The average Bonchev–Trinajstić information content (AvgIpc) is 3.51. The molecule has 206 valence electrons. The predicted octanol–water partition coefficient (Wildman–Crippen LogP) is 2.12. The Balaban J connectivity index is 1.43. The van der Waals surface area contributed by atoms with E-state index in [0.29, 0.717) is 35.6 Å². The maximum absolute atomic E-state index is 13.0. The molecule has 0 bridgehead atoms. The van der Waals surface area contributed by atoms with Crippen LogP contribution in [-0.4, -0.2) is 64.3 Å². The Labute approximate surface area is 225 Å². The summed E-state index contributed by atoms with van der Waals surface area (Å²) in [6, 6.07) is 8.55. The van der Waals surface area contributed by atoms with Crippen molar-refractivity contribution in [3.63, 3.8) is 0 Å². The number of sulfonamides is 1. The lowest BCUT2D eigenvalue weighted by Gasteiger charge is -2.18. The number of aryl methyl sites for hydroxylation is 4. The van der Waals surface area contributed by atoms with E-state index in [1.54, 1.807) is 67.3 Å². The molecule has 0 fully saturated rings. The lowest BCUT2D eigenvalue weighted by atomic mass is 10.1. The molecule has 4 aromatic rings. The van der Waals surface area contributed by atoms with E-state index in [0.717, 1.165) is 23.0 Å². The zero-order chi connectivity index (χ0) is 28.2. The van der Waals surface area contributed by atoms with Gasteiger partial charge in [-0.15, -0.1) is 0 Å². The van der Waals surface area contributed by atoms with Crippen LogP contribution in [0, 0.1) is 13.8 Å². The Bertz CT molecular complexity index is 1580. The summed E-state index contributed by atoms with van der Waals surface area (Å²) in [4.78, 5) is 31.9. The molecule has 0 radical (unpaired) electrons. The van der Waals surface area contributed by atoms with Crippen molar-refractivity contribution in [1.29, 1.82) is 0 Å². The molecule has 0 aliphatic carbocycles. The molecule has 1 amide bonds. The second kappa shape index (κ2) is 11.7. The summed E-state index contributed by atoms with van der Waals surface area (Å²) in [7, 11) is -2.31. The van der Waals surface area contributed by atoms with Crippen LogP contribution in [0.1, 0.15) is 33.6 Å². The van der Waals surface area contributed by atoms with E-state index in [9.17, 15) is 23.1 Å². The average molecular weight is 554 g/mol. The molecular weight excluding hydrogens is 522 g/mol. The minimum absolute atomic E-state index is 0.0245. The van der Waals surface area contributed by atoms with Crippen molar-refractivity contribution < 1.29 is 23.1 Å². The number of carbonyl (C=O) groups excluding carboxylic acids is 1. The van der Waals surface area contributed by atoms with Gasteiger partial charge in [-0.05, 0) is 56.0 Å². The van der Waals surface area contributed by atoms with Gasteiger partial charge < -0.3 is 20.7 Å². The number of fused-ring (bicyclic) bond motifs is 1. The number of aromatic amines is 1. The number of rotatable bonds is 12. The quantitative estimate of drug-likeness (QED) is 0.166. The first-order chi connectivity index (χ1) is 18.6. The molecular formula is C26H31N7O5S. The number of carboxylic acids is 1. The SMILES string of the molecule is Cc1cccc(C)c1S(=O)(=O)N[C@@H](CNC(=O)c1ccc2c(c1)c(CCCNc1ncc[nH]1)nn2C)C(=O)O. The third kappa shape index (κ3) is 6.44. The van der Waals surface area contributed by atoms with E-state index in [1.807, 2.05) is 7.05 Å². The maximum Gasteiger partial charge on any atom is 0.323 e. The van der Waals surface area contributed by atoms with Crippen molar-refractivity contribution in [3.05, 3.63) is 71.2 Å². The van der Waals surface area contributed by atoms with Gasteiger partial charge in [0.2, 0.25) is 10.0 Å². The van der Waals surface area contributed by atoms with Crippen molar-refractivity contribution in [1.82, 2.24) is 29.8 Å². The van der Waals surface area contributed by atoms with Gasteiger partial charge in [0.05, 0.1) is 16.1 Å². The van der Waals surface area contributed by atoms with Crippen LogP contribution in [-0.2, 0) is 28.3 Å². The highest BCUT2D eigenvalue weighted by Crippen LogP contribution is 2.22. The number of amides is 1. The topological polar surface area (TPSA) is 171 Å². The first-order valence-corrected chi connectivity index (χ1v) is 13.8. The van der Waals surface area contributed by atoms with E-state index >= 15 is 0 Å². The molecule has 0 aliphatic rings. The van der Waals surface area contributed by atoms with Crippen LogP contribution in [0.3, 0.4) is 0 Å². The van der Waals surface area contributed by atoms with Crippen LogP contribution in [0.5, 0.6) is 0 Å². The third-order valence-electron chi connectivity index (χ3n) is 6.31. The number of nitrogens with one attached hydrogen (secondary N) is 4. The van der Waals surface area contributed by atoms with E-state index in [4.69, 9.17) is 0 Å². The summed E-state index contributed by atoms with van der Waals surface area (Å²) in [5.74, 6) is -1.24. The Morgan fingerprint density at radius 3 is 2.56 bits per heavy atom. The minimum Gasteiger partial charge on any atom is -0.480 e. The molecule has 0 unspecified atom stereocenters.